The number of H-pyrrole nitrogens is 1. The quantitative estimate of drug-likeness (QED) is 0.658. The van der Waals surface area contributed by atoms with E-state index in [1.165, 1.54) is 12.8 Å². The lowest BCUT2D eigenvalue weighted by atomic mass is 9.95. The summed E-state index contributed by atoms with van der Waals surface area (Å²) in [6.07, 6.45) is 2.44. The fourth-order valence-electron chi connectivity index (χ4n) is 4.36. The Hall–Kier alpha value is -2.90. The second-order valence-electron chi connectivity index (χ2n) is 8.19. The predicted molar refractivity (Wildman–Crippen MR) is 115 cm³/mol. The number of benzene rings is 2. The molecule has 0 atom stereocenters. The third-order valence-corrected chi connectivity index (χ3v) is 6.26. The van der Waals surface area contributed by atoms with Gasteiger partial charge in [-0.15, -0.1) is 0 Å². The first kappa shape index (κ1) is 19.1. The van der Waals surface area contributed by atoms with E-state index in [9.17, 15) is 4.79 Å². The van der Waals surface area contributed by atoms with Gasteiger partial charge in [-0.2, -0.15) is 5.10 Å². The average Bonchev–Trinajstić information content (AvgIpc) is 3.45. The first-order chi connectivity index (χ1) is 14.7. The van der Waals surface area contributed by atoms with Gasteiger partial charge in [-0.05, 0) is 61.0 Å². The van der Waals surface area contributed by atoms with Gasteiger partial charge >= 0.3 is 0 Å². The Kier molecular flexibility index (Phi) is 4.92. The van der Waals surface area contributed by atoms with E-state index < -0.39 is 0 Å². The van der Waals surface area contributed by atoms with Gasteiger partial charge in [-0.25, -0.2) is 0 Å². The van der Waals surface area contributed by atoms with Gasteiger partial charge in [0.25, 0.3) is 5.91 Å². The molecule has 0 unspecified atom stereocenters. The van der Waals surface area contributed by atoms with Gasteiger partial charge in [0.2, 0.25) is 0 Å². The molecule has 0 spiro atoms. The Bertz CT molecular complexity index is 1070. The second kappa shape index (κ2) is 7.74. The lowest BCUT2D eigenvalue weighted by Crippen LogP contribution is -2.66. The van der Waals surface area contributed by atoms with Crippen molar-refractivity contribution in [2.75, 3.05) is 40.0 Å². The van der Waals surface area contributed by atoms with Crippen LogP contribution in [0.2, 0.25) is 0 Å². The topological polar surface area (TPSA) is 79.5 Å². The van der Waals surface area contributed by atoms with Crippen LogP contribution in [0.4, 0.5) is 0 Å². The van der Waals surface area contributed by atoms with E-state index >= 15 is 0 Å². The molecule has 0 aliphatic carbocycles. The summed E-state index contributed by atoms with van der Waals surface area (Å²) in [5, 5.41) is 12.5. The van der Waals surface area contributed by atoms with Gasteiger partial charge in [0.05, 0.1) is 31.6 Å². The summed E-state index contributed by atoms with van der Waals surface area (Å²) in [5.74, 6) is 0.697. The van der Waals surface area contributed by atoms with E-state index in [1.54, 1.807) is 13.2 Å². The molecule has 2 aliphatic heterocycles. The van der Waals surface area contributed by atoms with Crippen molar-refractivity contribution in [1.82, 2.24) is 20.4 Å². The van der Waals surface area contributed by atoms with Gasteiger partial charge in [0.1, 0.15) is 11.4 Å². The molecule has 5 rings (SSSR count). The summed E-state index contributed by atoms with van der Waals surface area (Å²) >= 11 is 0. The highest BCUT2D eigenvalue weighted by Crippen LogP contribution is 2.29. The molecule has 2 aliphatic rings. The number of nitrogens with one attached hydrogen (secondary N) is 2. The third-order valence-electron chi connectivity index (χ3n) is 6.26. The maximum absolute atomic E-state index is 12.7. The van der Waals surface area contributed by atoms with Crippen molar-refractivity contribution < 1.29 is 14.3 Å². The van der Waals surface area contributed by atoms with Gasteiger partial charge in [-0.1, -0.05) is 18.2 Å². The van der Waals surface area contributed by atoms with E-state index in [0.29, 0.717) is 25.5 Å². The molecule has 2 saturated heterocycles. The molecular formula is C23H26N4O3. The fourth-order valence-corrected chi connectivity index (χ4v) is 4.36. The van der Waals surface area contributed by atoms with Gasteiger partial charge in [0.15, 0.2) is 0 Å². The van der Waals surface area contributed by atoms with Crippen LogP contribution in [0.5, 0.6) is 5.75 Å². The molecule has 0 saturated carbocycles. The Morgan fingerprint density at radius 1 is 1.17 bits per heavy atom. The predicted octanol–water partition coefficient (Wildman–Crippen LogP) is 2.83. The minimum Gasteiger partial charge on any atom is -0.497 e. The molecule has 3 aromatic rings. The number of carbonyl (C=O) groups excluding carboxylic acids is 1. The summed E-state index contributed by atoms with van der Waals surface area (Å²) in [6, 6.07) is 13.9. The van der Waals surface area contributed by atoms with Crippen molar-refractivity contribution in [2.24, 2.45) is 0 Å². The molecule has 7 nitrogen and oxygen atoms in total. The number of nitrogens with zero attached hydrogens (tertiary/aromatic N) is 2. The molecular weight excluding hydrogens is 380 g/mol. The highest BCUT2D eigenvalue weighted by Gasteiger charge is 2.45. The van der Waals surface area contributed by atoms with E-state index in [-0.39, 0.29) is 11.4 Å². The van der Waals surface area contributed by atoms with Crippen molar-refractivity contribution in [3.8, 4) is 17.0 Å². The van der Waals surface area contributed by atoms with Gasteiger partial charge in [-0.3, -0.25) is 14.8 Å². The number of aromatic nitrogens is 2. The summed E-state index contributed by atoms with van der Waals surface area (Å²) in [4.78, 5) is 15.2. The number of carbonyl (C=O) groups is 1. The maximum Gasteiger partial charge on any atom is 0.269 e. The standard InChI is InChI=1S/C23H26N4O3/c1-29-19-7-6-16-10-18(5-4-17(16)11-19)20-12-21(26-25-20)22(28)24-13-23(14-30-15-23)27-8-2-3-9-27/h4-7,10-12H,2-3,8-9,13-15H2,1H3,(H,24,28)(H,25,26). The van der Waals surface area contributed by atoms with Crippen molar-refractivity contribution in [3.63, 3.8) is 0 Å². The second-order valence-corrected chi connectivity index (χ2v) is 8.19. The zero-order valence-corrected chi connectivity index (χ0v) is 17.1. The number of aromatic amines is 1. The zero-order chi connectivity index (χ0) is 20.6. The third kappa shape index (κ3) is 3.44. The zero-order valence-electron chi connectivity index (χ0n) is 17.1. The summed E-state index contributed by atoms with van der Waals surface area (Å²) < 4.78 is 10.8. The van der Waals surface area contributed by atoms with E-state index in [0.717, 1.165) is 40.9 Å². The molecule has 1 aromatic heterocycles. The number of hydrogen-bond acceptors (Lipinski definition) is 5. The fraction of sp³-hybridized carbons (Fsp3) is 0.391. The molecule has 30 heavy (non-hydrogen) atoms. The lowest BCUT2D eigenvalue weighted by molar-refractivity contribution is -0.130. The first-order valence-corrected chi connectivity index (χ1v) is 10.4. The minimum atomic E-state index is -0.134. The number of methoxy groups -OCH3 is 1. The summed E-state index contributed by atoms with van der Waals surface area (Å²) in [7, 11) is 1.66. The number of rotatable bonds is 6. The molecule has 2 aromatic carbocycles. The number of fused-ring (bicyclic) bond motifs is 1. The van der Waals surface area contributed by atoms with Crippen LogP contribution in [0.15, 0.2) is 42.5 Å². The summed E-state index contributed by atoms with van der Waals surface area (Å²) in [6.45, 7) is 4.13. The summed E-state index contributed by atoms with van der Waals surface area (Å²) in [5.41, 5.74) is 2.13. The first-order valence-electron chi connectivity index (χ1n) is 10.4. The normalized spacial score (nSPS) is 18.3. The average molecular weight is 406 g/mol. The smallest absolute Gasteiger partial charge is 0.269 e. The Morgan fingerprint density at radius 3 is 2.67 bits per heavy atom. The SMILES string of the molecule is COc1ccc2cc(-c3cc(C(=O)NCC4(N5CCCC5)COC4)[nH]n3)ccc2c1. The molecule has 2 N–H and O–H groups in total. The van der Waals surface area contributed by atoms with Crippen LogP contribution >= 0.6 is 0 Å². The Morgan fingerprint density at radius 2 is 1.93 bits per heavy atom. The van der Waals surface area contributed by atoms with E-state index in [4.69, 9.17) is 9.47 Å². The largest absolute Gasteiger partial charge is 0.497 e. The molecule has 0 radical (unpaired) electrons. The number of hydrogen-bond donors (Lipinski definition) is 2. The number of likely N-dealkylation sites (tertiary alicyclic amines) is 1. The molecule has 7 heteroatoms. The van der Waals surface area contributed by atoms with E-state index in [1.807, 2.05) is 30.3 Å². The minimum absolute atomic E-state index is 0.0472. The molecule has 2 fully saturated rings. The van der Waals surface area contributed by atoms with Crippen LogP contribution in [0, 0.1) is 0 Å². The van der Waals surface area contributed by atoms with Crippen LogP contribution in [0.25, 0.3) is 22.0 Å². The van der Waals surface area contributed by atoms with Crippen molar-refractivity contribution >= 4 is 16.7 Å². The van der Waals surface area contributed by atoms with Crippen molar-refractivity contribution in [2.45, 2.75) is 18.4 Å². The number of ether oxygens (including phenoxy) is 2. The number of amides is 1. The maximum atomic E-state index is 12.7. The highest BCUT2D eigenvalue weighted by atomic mass is 16.5. The van der Waals surface area contributed by atoms with E-state index in [2.05, 4.69) is 26.5 Å². The highest BCUT2D eigenvalue weighted by molar-refractivity contribution is 5.94. The van der Waals surface area contributed by atoms with Crippen LogP contribution < -0.4 is 10.1 Å². The molecule has 3 heterocycles. The Labute approximate surface area is 175 Å². The Balaban J connectivity index is 1.29. The van der Waals surface area contributed by atoms with Crippen molar-refractivity contribution in [3.05, 3.63) is 48.2 Å². The van der Waals surface area contributed by atoms with Gasteiger partial charge < -0.3 is 14.8 Å². The van der Waals surface area contributed by atoms with Crippen LogP contribution in [-0.2, 0) is 4.74 Å². The van der Waals surface area contributed by atoms with Crippen LogP contribution in [-0.4, -0.2) is 66.5 Å². The van der Waals surface area contributed by atoms with Crippen molar-refractivity contribution in [1.29, 1.82) is 0 Å². The van der Waals surface area contributed by atoms with Crippen LogP contribution in [0.3, 0.4) is 0 Å². The lowest BCUT2D eigenvalue weighted by Gasteiger charge is -2.48. The van der Waals surface area contributed by atoms with Gasteiger partial charge in [0, 0.05) is 12.1 Å². The molecule has 0 bridgehead atoms. The molecule has 1 amide bonds. The monoisotopic (exact) mass is 406 g/mol. The van der Waals surface area contributed by atoms with Crippen LogP contribution in [0.1, 0.15) is 23.3 Å². The molecule has 156 valence electrons.